The normalized spacial score (nSPS) is 11.2. The molecule has 3 aromatic rings. The predicted molar refractivity (Wildman–Crippen MR) is 74.9 cm³/mol. The molecule has 3 rings (SSSR count). The molecule has 19 heavy (non-hydrogen) atoms. The number of aliphatic imine (C=N–C) groups is 1. The Bertz CT molecular complexity index is 739. The van der Waals surface area contributed by atoms with Crippen LogP contribution in [0.5, 0.6) is 5.75 Å². The average Bonchev–Trinajstić information content (AvgIpc) is 2.47. The maximum atomic E-state index is 9.95. The van der Waals surface area contributed by atoms with Crippen LogP contribution in [-0.2, 0) is 0 Å². The number of phenols is 1. The molecule has 0 aliphatic rings. The molecule has 4 nitrogen and oxygen atoms in total. The highest BCUT2D eigenvalue weighted by Gasteiger charge is 2.04. The number of phenolic OH excluding ortho intramolecular Hbond substituents is 1. The first-order chi connectivity index (χ1) is 9.34. The first-order valence-corrected chi connectivity index (χ1v) is 5.86. The van der Waals surface area contributed by atoms with E-state index in [1.165, 1.54) is 0 Å². The van der Waals surface area contributed by atoms with Crippen LogP contribution >= 0.6 is 0 Å². The summed E-state index contributed by atoms with van der Waals surface area (Å²) in [5.41, 5.74) is 0.672. The van der Waals surface area contributed by atoms with E-state index in [1.54, 1.807) is 30.7 Å². The molecule has 0 unspecified atom stereocenters. The Labute approximate surface area is 110 Å². The second-order valence-electron chi connectivity index (χ2n) is 4.03. The maximum Gasteiger partial charge on any atom is 0.249 e. The van der Waals surface area contributed by atoms with Crippen molar-refractivity contribution in [1.82, 2.24) is 9.97 Å². The van der Waals surface area contributed by atoms with Crippen LogP contribution in [0.3, 0.4) is 0 Å². The summed E-state index contributed by atoms with van der Waals surface area (Å²) in [6, 6.07) is 13.1. The molecular weight excluding hydrogens is 238 g/mol. The summed E-state index contributed by atoms with van der Waals surface area (Å²) >= 11 is 0. The number of hydrogen-bond donors (Lipinski definition) is 1. The van der Waals surface area contributed by atoms with Gasteiger partial charge in [0.2, 0.25) is 5.95 Å². The third-order valence-corrected chi connectivity index (χ3v) is 2.81. The molecule has 0 saturated heterocycles. The van der Waals surface area contributed by atoms with Gasteiger partial charge >= 0.3 is 0 Å². The molecule has 0 aliphatic carbocycles. The monoisotopic (exact) mass is 249 g/mol. The summed E-state index contributed by atoms with van der Waals surface area (Å²) < 4.78 is 0. The SMILES string of the molecule is Oc1ccc2ccccc2c1/C=N/c1ncccn1. The molecule has 0 radical (unpaired) electrons. The first-order valence-electron chi connectivity index (χ1n) is 5.86. The molecule has 1 aromatic heterocycles. The molecule has 0 bridgehead atoms. The van der Waals surface area contributed by atoms with Crippen molar-refractivity contribution in [2.75, 3.05) is 0 Å². The summed E-state index contributed by atoms with van der Waals surface area (Å²) in [7, 11) is 0. The van der Waals surface area contributed by atoms with Gasteiger partial charge in [-0.1, -0.05) is 30.3 Å². The van der Waals surface area contributed by atoms with Gasteiger partial charge in [-0.2, -0.15) is 0 Å². The fourth-order valence-electron chi connectivity index (χ4n) is 1.90. The van der Waals surface area contributed by atoms with Crippen LogP contribution < -0.4 is 0 Å². The molecule has 92 valence electrons. The van der Waals surface area contributed by atoms with E-state index in [9.17, 15) is 5.11 Å². The summed E-state index contributed by atoms with van der Waals surface area (Å²) in [6.45, 7) is 0. The Kier molecular flexibility index (Phi) is 2.90. The van der Waals surface area contributed by atoms with E-state index in [2.05, 4.69) is 15.0 Å². The number of hydrogen-bond acceptors (Lipinski definition) is 4. The van der Waals surface area contributed by atoms with Gasteiger partial charge < -0.3 is 5.11 Å². The number of aromatic nitrogens is 2. The van der Waals surface area contributed by atoms with Gasteiger partial charge in [0.1, 0.15) is 5.75 Å². The Hall–Kier alpha value is -2.75. The lowest BCUT2D eigenvalue weighted by Gasteiger charge is -2.04. The summed E-state index contributed by atoms with van der Waals surface area (Å²) in [5, 5.41) is 12.0. The number of nitrogens with zero attached hydrogens (tertiary/aromatic N) is 3. The highest BCUT2D eigenvalue weighted by atomic mass is 16.3. The Morgan fingerprint density at radius 1 is 0.947 bits per heavy atom. The van der Waals surface area contributed by atoms with Crippen LogP contribution in [0.1, 0.15) is 5.56 Å². The zero-order valence-corrected chi connectivity index (χ0v) is 10.1. The number of benzene rings is 2. The molecule has 0 saturated carbocycles. The van der Waals surface area contributed by atoms with E-state index in [0.717, 1.165) is 10.8 Å². The Morgan fingerprint density at radius 3 is 2.58 bits per heavy atom. The second kappa shape index (κ2) is 4.86. The van der Waals surface area contributed by atoms with E-state index in [4.69, 9.17) is 0 Å². The first kappa shape index (κ1) is 11.3. The van der Waals surface area contributed by atoms with Crippen molar-refractivity contribution >= 4 is 22.9 Å². The van der Waals surface area contributed by atoms with Crippen molar-refractivity contribution < 1.29 is 5.11 Å². The third kappa shape index (κ3) is 2.28. The summed E-state index contributed by atoms with van der Waals surface area (Å²) in [4.78, 5) is 12.2. The molecule has 4 heteroatoms. The van der Waals surface area contributed by atoms with Gasteiger partial charge in [-0.25, -0.2) is 15.0 Å². The van der Waals surface area contributed by atoms with Crippen molar-refractivity contribution in [3.63, 3.8) is 0 Å². The van der Waals surface area contributed by atoms with Crippen LogP contribution in [0.4, 0.5) is 5.95 Å². The van der Waals surface area contributed by atoms with Crippen molar-refractivity contribution in [3.8, 4) is 5.75 Å². The van der Waals surface area contributed by atoms with E-state index in [-0.39, 0.29) is 5.75 Å². The Balaban J connectivity index is 2.10. The van der Waals surface area contributed by atoms with Crippen LogP contribution in [0.2, 0.25) is 0 Å². The van der Waals surface area contributed by atoms with E-state index in [1.807, 2.05) is 30.3 Å². The zero-order valence-electron chi connectivity index (χ0n) is 10.1. The number of fused-ring (bicyclic) bond motifs is 1. The van der Waals surface area contributed by atoms with E-state index >= 15 is 0 Å². The predicted octanol–water partition coefficient (Wildman–Crippen LogP) is 3.09. The molecule has 0 aliphatic heterocycles. The molecule has 0 amide bonds. The van der Waals surface area contributed by atoms with Crippen LogP contribution in [0, 0.1) is 0 Å². The van der Waals surface area contributed by atoms with Crippen LogP contribution in [-0.4, -0.2) is 21.3 Å². The van der Waals surface area contributed by atoms with Gasteiger partial charge in [-0.3, -0.25) is 0 Å². The van der Waals surface area contributed by atoms with Crippen molar-refractivity contribution in [2.24, 2.45) is 4.99 Å². The quantitative estimate of drug-likeness (QED) is 0.710. The zero-order chi connectivity index (χ0) is 13.1. The Morgan fingerprint density at radius 2 is 1.74 bits per heavy atom. The molecule has 2 aromatic carbocycles. The van der Waals surface area contributed by atoms with Crippen LogP contribution in [0.25, 0.3) is 10.8 Å². The van der Waals surface area contributed by atoms with Gasteiger partial charge in [0.15, 0.2) is 0 Å². The van der Waals surface area contributed by atoms with Crippen LogP contribution in [0.15, 0.2) is 59.9 Å². The smallest absolute Gasteiger partial charge is 0.249 e. The minimum absolute atomic E-state index is 0.193. The molecule has 1 N–H and O–H groups in total. The lowest BCUT2D eigenvalue weighted by atomic mass is 10.0. The molecule has 1 heterocycles. The molecule has 0 atom stereocenters. The minimum atomic E-state index is 0.193. The topological polar surface area (TPSA) is 58.4 Å². The highest BCUT2D eigenvalue weighted by molar-refractivity contribution is 6.02. The summed E-state index contributed by atoms with van der Waals surface area (Å²) in [5.74, 6) is 0.563. The number of rotatable bonds is 2. The standard InChI is InChI=1S/C15H11N3O/c19-14-7-6-11-4-1-2-5-12(11)13(14)10-18-15-16-8-3-9-17-15/h1-10,19H/b18-10+. The van der Waals surface area contributed by atoms with Gasteiger partial charge in [-0.15, -0.1) is 0 Å². The third-order valence-electron chi connectivity index (χ3n) is 2.81. The van der Waals surface area contributed by atoms with Gasteiger partial charge in [0, 0.05) is 24.2 Å². The van der Waals surface area contributed by atoms with Gasteiger partial charge in [-0.05, 0) is 22.9 Å². The summed E-state index contributed by atoms with van der Waals surface area (Å²) in [6.07, 6.45) is 4.85. The van der Waals surface area contributed by atoms with Crippen molar-refractivity contribution in [1.29, 1.82) is 0 Å². The maximum absolute atomic E-state index is 9.95. The van der Waals surface area contributed by atoms with E-state index < -0.39 is 0 Å². The lowest BCUT2D eigenvalue weighted by Crippen LogP contribution is -1.87. The van der Waals surface area contributed by atoms with Gasteiger partial charge in [0.05, 0.1) is 0 Å². The molecular formula is C15H11N3O. The fraction of sp³-hybridized carbons (Fsp3) is 0. The fourth-order valence-corrected chi connectivity index (χ4v) is 1.90. The van der Waals surface area contributed by atoms with Gasteiger partial charge in [0.25, 0.3) is 0 Å². The van der Waals surface area contributed by atoms with Crippen molar-refractivity contribution in [2.45, 2.75) is 0 Å². The van der Waals surface area contributed by atoms with Crippen molar-refractivity contribution in [3.05, 3.63) is 60.4 Å². The average molecular weight is 249 g/mol. The molecule has 0 fully saturated rings. The number of aromatic hydroxyl groups is 1. The lowest BCUT2D eigenvalue weighted by molar-refractivity contribution is 0.475. The largest absolute Gasteiger partial charge is 0.507 e. The van der Waals surface area contributed by atoms with E-state index in [0.29, 0.717) is 11.5 Å². The second-order valence-corrected chi connectivity index (χ2v) is 4.03. The highest BCUT2D eigenvalue weighted by Crippen LogP contribution is 2.25. The minimum Gasteiger partial charge on any atom is -0.507 e. The molecule has 0 spiro atoms.